The summed E-state index contributed by atoms with van der Waals surface area (Å²) in [5, 5.41) is 11.5. The van der Waals surface area contributed by atoms with Gasteiger partial charge in [-0.25, -0.2) is 0 Å². The Morgan fingerprint density at radius 3 is 2.37 bits per heavy atom. The first-order valence-corrected chi connectivity index (χ1v) is 11.0. The topological polar surface area (TPSA) is 81.9 Å². The molecule has 11 heteroatoms. The molecule has 0 aromatic heterocycles. The Morgan fingerprint density at radius 1 is 1.03 bits per heavy atom. The lowest BCUT2D eigenvalue weighted by molar-refractivity contribution is -0.388. The summed E-state index contributed by atoms with van der Waals surface area (Å²) in [5.41, 5.74) is -0.867. The first-order chi connectivity index (χ1) is 16.6. The summed E-state index contributed by atoms with van der Waals surface area (Å²) in [6, 6.07) is 14.0. The molecule has 0 bridgehead atoms. The molecule has 0 radical (unpaired) electrons. The van der Waals surface area contributed by atoms with Gasteiger partial charge in [-0.2, -0.15) is 13.2 Å². The zero-order valence-corrected chi connectivity index (χ0v) is 19.8. The van der Waals surface area contributed by atoms with Crippen molar-refractivity contribution in [2.45, 2.75) is 22.5 Å². The van der Waals surface area contributed by atoms with Gasteiger partial charge in [0, 0.05) is 30.1 Å². The van der Waals surface area contributed by atoms with Gasteiger partial charge in [0.05, 0.1) is 35.2 Å². The maximum Gasteiger partial charge on any atom is 0.416 e. The minimum absolute atomic E-state index is 0.0135. The van der Waals surface area contributed by atoms with Gasteiger partial charge in [0.25, 0.3) is 11.6 Å². The molecule has 0 fully saturated rings. The number of nitrogens with zero attached hydrogens (tertiary/aromatic N) is 2. The number of benzene rings is 3. The molecule has 3 aromatic rings. The molecule has 0 N–H and O–H groups in total. The van der Waals surface area contributed by atoms with E-state index in [0.717, 1.165) is 23.9 Å². The fourth-order valence-corrected chi connectivity index (χ4v) is 4.41. The number of para-hydroxylation sites is 1. The predicted molar refractivity (Wildman–Crippen MR) is 124 cm³/mol. The van der Waals surface area contributed by atoms with E-state index in [1.54, 1.807) is 49.5 Å². The van der Waals surface area contributed by atoms with Crippen LogP contribution in [0.1, 0.15) is 21.5 Å². The van der Waals surface area contributed by atoms with Crippen molar-refractivity contribution in [1.82, 2.24) is 4.90 Å². The molecule has 0 aliphatic heterocycles. The number of rotatable bonds is 8. The van der Waals surface area contributed by atoms with E-state index in [9.17, 15) is 28.1 Å². The second-order valence-electron chi connectivity index (χ2n) is 7.35. The fourth-order valence-electron chi connectivity index (χ4n) is 3.38. The monoisotopic (exact) mass is 506 g/mol. The summed E-state index contributed by atoms with van der Waals surface area (Å²) in [6.07, 6.45) is -4.72. The fraction of sp³-hybridized carbons (Fsp3) is 0.208. The lowest BCUT2D eigenvalue weighted by atomic mass is 10.1. The number of ether oxygens (including phenoxy) is 2. The van der Waals surface area contributed by atoms with Gasteiger partial charge in [-0.1, -0.05) is 36.0 Å². The van der Waals surface area contributed by atoms with E-state index in [1.807, 2.05) is 0 Å². The molecule has 7 nitrogen and oxygen atoms in total. The summed E-state index contributed by atoms with van der Waals surface area (Å²) in [5.74, 6) is 0.613. The van der Waals surface area contributed by atoms with Gasteiger partial charge in [0.1, 0.15) is 0 Å². The zero-order chi connectivity index (χ0) is 25.8. The first kappa shape index (κ1) is 25.9. The summed E-state index contributed by atoms with van der Waals surface area (Å²) in [4.78, 5) is 25.7. The SMILES string of the molecule is COc1cccc(CN(C)C(=O)c2ccccc2Sc2ccc(C(F)(F)F)cc2[N+](=O)[O-])c1OC. The van der Waals surface area contributed by atoms with Crippen LogP contribution in [0, 0.1) is 10.1 Å². The summed E-state index contributed by atoms with van der Waals surface area (Å²) in [7, 11) is 4.58. The molecule has 0 saturated heterocycles. The van der Waals surface area contributed by atoms with Crippen LogP contribution in [0.3, 0.4) is 0 Å². The zero-order valence-electron chi connectivity index (χ0n) is 19.0. The third-order valence-corrected chi connectivity index (χ3v) is 6.20. The van der Waals surface area contributed by atoms with Crippen LogP contribution in [0.5, 0.6) is 11.5 Å². The van der Waals surface area contributed by atoms with Gasteiger partial charge in [0.15, 0.2) is 11.5 Å². The van der Waals surface area contributed by atoms with Crippen molar-refractivity contribution in [1.29, 1.82) is 0 Å². The van der Waals surface area contributed by atoms with E-state index >= 15 is 0 Å². The molecule has 0 spiro atoms. The lowest BCUT2D eigenvalue weighted by Gasteiger charge is -2.21. The summed E-state index contributed by atoms with van der Waals surface area (Å²) >= 11 is 0.853. The maximum atomic E-state index is 13.3. The van der Waals surface area contributed by atoms with Crippen molar-refractivity contribution < 1.29 is 32.4 Å². The summed E-state index contributed by atoms with van der Waals surface area (Å²) < 4.78 is 49.8. The number of nitro benzene ring substituents is 1. The van der Waals surface area contributed by atoms with Crippen LogP contribution in [-0.2, 0) is 12.7 Å². The van der Waals surface area contributed by atoms with Crippen molar-refractivity contribution in [3.63, 3.8) is 0 Å². The van der Waals surface area contributed by atoms with E-state index in [-0.39, 0.29) is 22.9 Å². The third-order valence-electron chi connectivity index (χ3n) is 5.06. The molecular formula is C24H21F3N2O5S. The van der Waals surface area contributed by atoms with Crippen LogP contribution in [0.25, 0.3) is 0 Å². The molecule has 184 valence electrons. The van der Waals surface area contributed by atoms with Crippen molar-refractivity contribution in [3.05, 3.63) is 87.5 Å². The normalized spacial score (nSPS) is 11.1. The van der Waals surface area contributed by atoms with Gasteiger partial charge in [-0.3, -0.25) is 14.9 Å². The molecule has 3 aromatic carbocycles. The summed E-state index contributed by atoms with van der Waals surface area (Å²) in [6.45, 7) is 0.179. The minimum atomic E-state index is -4.72. The van der Waals surface area contributed by atoms with E-state index in [4.69, 9.17) is 9.47 Å². The van der Waals surface area contributed by atoms with E-state index in [2.05, 4.69) is 0 Å². The van der Waals surface area contributed by atoms with Gasteiger partial charge in [-0.15, -0.1) is 0 Å². The highest BCUT2D eigenvalue weighted by Gasteiger charge is 2.33. The largest absolute Gasteiger partial charge is 0.493 e. The highest BCUT2D eigenvalue weighted by atomic mass is 32.2. The van der Waals surface area contributed by atoms with Crippen LogP contribution in [-0.4, -0.2) is 37.0 Å². The number of amides is 1. The lowest BCUT2D eigenvalue weighted by Crippen LogP contribution is -2.27. The Labute approximate surface area is 203 Å². The first-order valence-electron chi connectivity index (χ1n) is 10.1. The predicted octanol–water partition coefficient (Wildman–Crippen LogP) is 6.05. The third kappa shape index (κ3) is 5.86. The Hall–Kier alpha value is -3.73. The molecule has 0 heterocycles. The number of nitro groups is 1. The molecule has 0 aliphatic carbocycles. The maximum absolute atomic E-state index is 13.3. The molecule has 35 heavy (non-hydrogen) atoms. The molecule has 1 amide bonds. The molecular weight excluding hydrogens is 485 g/mol. The number of hydrogen-bond acceptors (Lipinski definition) is 6. The van der Waals surface area contributed by atoms with Crippen molar-refractivity contribution in [2.75, 3.05) is 21.3 Å². The average molecular weight is 507 g/mol. The van der Waals surface area contributed by atoms with E-state index in [0.29, 0.717) is 28.0 Å². The van der Waals surface area contributed by atoms with Crippen molar-refractivity contribution in [3.8, 4) is 11.5 Å². The van der Waals surface area contributed by atoms with Gasteiger partial charge in [-0.05, 0) is 30.3 Å². The highest BCUT2D eigenvalue weighted by molar-refractivity contribution is 7.99. The van der Waals surface area contributed by atoms with Crippen LogP contribution < -0.4 is 9.47 Å². The molecule has 0 saturated carbocycles. The molecule has 0 aliphatic rings. The Morgan fingerprint density at radius 2 is 1.74 bits per heavy atom. The van der Waals surface area contributed by atoms with Crippen molar-refractivity contribution >= 4 is 23.4 Å². The second-order valence-corrected chi connectivity index (χ2v) is 8.43. The number of alkyl halides is 3. The van der Waals surface area contributed by atoms with Crippen molar-refractivity contribution in [2.24, 2.45) is 0 Å². The molecule has 0 unspecified atom stereocenters. The Bertz CT molecular complexity index is 1250. The molecule has 0 atom stereocenters. The van der Waals surface area contributed by atoms with Crippen LogP contribution in [0.2, 0.25) is 0 Å². The van der Waals surface area contributed by atoms with Crippen LogP contribution in [0.15, 0.2) is 70.5 Å². The quantitative estimate of drug-likeness (QED) is 0.273. The van der Waals surface area contributed by atoms with Crippen LogP contribution in [0.4, 0.5) is 18.9 Å². The minimum Gasteiger partial charge on any atom is -0.493 e. The van der Waals surface area contributed by atoms with E-state index in [1.165, 1.54) is 19.1 Å². The Balaban J connectivity index is 1.91. The van der Waals surface area contributed by atoms with Crippen LogP contribution >= 0.6 is 11.8 Å². The number of halogens is 3. The number of carbonyl (C=O) groups is 1. The average Bonchev–Trinajstić information content (AvgIpc) is 2.83. The van der Waals surface area contributed by atoms with Gasteiger partial charge in [0.2, 0.25) is 0 Å². The van der Waals surface area contributed by atoms with Gasteiger partial charge < -0.3 is 14.4 Å². The highest BCUT2D eigenvalue weighted by Crippen LogP contribution is 2.40. The number of carbonyl (C=O) groups excluding carboxylic acids is 1. The molecule has 3 rings (SSSR count). The Kier molecular flexibility index (Phi) is 7.90. The smallest absolute Gasteiger partial charge is 0.416 e. The number of methoxy groups -OCH3 is 2. The van der Waals surface area contributed by atoms with E-state index < -0.39 is 22.4 Å². The standard InChI is InChI=1S/C24H21F3N2O5S/c1-28(14-15-7-6-9-19(33-2)22(15)34-3)23(30)17-8-4-5-10-20(17)35-21-12-11-16(24(25,26)27)13-18(21)29(31)32/h4-13H,14H2,1-3H3. The number of hydrogen-bond donors (Lipinski definition) is 0. The second kappa shape index (κ2) is 10.7. The van der Waals surface area contributed by atoms with Gasteiger partial charge >= 0.3 is 6.18 Å².